The third kappa shape index (κ3) is 3.84. The van der Waals surface area contributed by atoms with Gasteiger partial charge >= 0.3 is 12.0 Å². The van der Waals surface area contributed by atoms with Gasteiger partial charge in [-0.05, 0) is 42.0 Å². The first kappa shape index (κ1) is 17.5. The van der Waals surface area contributed by atoms with E-state index in [1.165, 1.54) is 12.1 Å². The number of nitrogens with one attached hydrogen (secondary N) is 1. The molecule has 1 heterocycles. The molecule has 3 rings (SSSR count). The van der Waals surface area contributed by atoms with Crippen molar-refractivity contribution in [2.24, 2.45) is 0 Å². The molecule has 1 aliphatic rings. The van der Waals surface area contributed by atoms with Crippen LogP contribution < -0.4 is 15.0 Å². The van der Waals surface area contributed by atoms with Crippen LogP contribution in [0.1, 0.15) is 5.56 Å². The zero-order valence-corrected chi connectivity index (χ0v) is 14.1. The van der Waals surface area contributed by atoms with Crippen LogP contribution in [0, 0.1) is 0 Å². The van der Waals surface area contributed by atoms with Crippen molar-refractivity contribution in [3.05, 3.63) is 64.8 Å². The number of hydrogen-bond acceptors (Lipinski definition) is 4. The van der Waals surface area contributed by atoms with Gasteiger partial charge in [-0.3, -0.25) is 4.79 Å². The SMILES string of the molecule is O=C(O)COc1ccc(C=C2NC(=O)N(c3cccc(Cl)c3)C2=O)cc1. The lowest BCUT2D eigenvalue weighted by Gasteiger charge is -2.11. The number of hydrogen-bond donors (Lipinski definition) is 2. The number of carboxylic acids is 1. The molecule has 26 heavy (non-hydrogen) atoms. The molecule has 0 aromatic heterocycles. The molecule has 1 fully saturated rings. The van der Waals surface area contributed by atoms with Gasteiger partial charge in [-0.1, -0.05) is 29.8 Å². The van der Waals surface area contributed by atoms with Crippen LogP contribution >= 0.6 is 11.6 Å². The second kappa shape index (κ2) is 7.28. The van der Waals surface area contributed by atoms with E-state index in [4.69, 9.17) is 21.4 Å². The molecule has 0 atom stereocenters. The standard InChI is InChI=1S/C18H13ClN2O5/c19-12-2-1-3-13(9-12)21-17(24)15(20-18(21)25)8-11-4-6-14(7-5-11)26-10-16(22)23/h1-9H,10H2,(H,20,25)(H,22,23). The number of imide groups is 1. The molecule has 0 unspecified atom stereocenters. The summed E-state index contributed by atoms with van der Waals surface area (Å²) in [5.41, 5.74) is 1.14. The minimum atomic E-state index is -1.07. The first-order valence-electron chi connectivity index (χ1n) is 7.51. The molecule has 0 spiro atoms. The van der Waals surface area contributed by atoms with E-state index in [-0.39, 0.29) is 5.70 Å². The molecule has 0 aliphatic carbocycles. The van der Waals surface area contributed by atoms with Crippen LogP contribution in [-0.2, 0) is 9.59 Å². The third-order valence-corrected chi connectivity index (χ3v) is 3.73. The molecule has 0 bridgehead atoms. The highest BCUT2D eigenvalue weighted by molar-refractivity contribution is 6.32. The van der Waals surface area contributed by atoms with Crippen molar-refractivity contribution >= 4 is 41.3 Å². The molecule has 2 aromatic rings. The molecule has 2 aromatic carbocycles. The van der Waals surface area contributed by atoms with E-state index in [0.717, 1.165) is 4.90 Å². The zero-order valence-electron chi connectivity index (χ0n) is 13.3. The lowest BCUT2D eigenvalue weighted by molar-refractivity contribution is -0.139. The van der Waals surface area contributed by atoms with Crippen molar-refractivity contribution in [3.63, 3.8) is 0 Å². The number of aliphatic carboxylic acids is 1. The van der Waals surface area contributed by atoms with Crippen LogP contribution in [0.3, 0.4) is 0 Å². The molecule has 2 N–H and O–H groups in total. The highest BCUT2D eigenvalue weighted by Gasteiger charge is 2.34. The van der Waals surface area contributed by atoms with Crippen molar-refractivity contribution in [2.45, 2.75) is 0 Å². The fraction of sp³-hybridized carbons (Fsp3) is 0.0556. The summed E-state index contributed by atoms with van der Waals surface area (Å²) in [6.07, 6.45) is 1.52. The molecule has 8 heteroatoms. The Balaban J connectivity index is 1.78. The van der Waals surface area contributed by atoms with E-state index < -0.39 is 24.5 Å². The van der Waals surface area contributed by atoms with E-state index >= 15 is 0 Å². The second-order valence-corrected chi connectivity index (χ2v) is 5.80. The Hall–Kier alpha value is -3.32. The lowest BCUT2D eigenvalue weighted by atomic mass is 10.2. The average molecular weight is 373 g/mol. The summed E-state index contributed by atoms with van der Waals surface area (Å²) >= 11 is 5.91. The van der Waals surface area contributed by atoms with Gasteiger partial charge in [0, 0.05) is 5.02 Å². The summed E-state index contributed by atoms with van der Waals surface area (Å²) in [4.78, 5) is 36.1. The highest BCUT2D eigenvalue weighted by Crippen LogP contribution is 2.25. The van der Waals surface area contributed by atoms with Crippen LogP contribution in [-0.4, -0.2) is 29.6 Å². The summed E-state index contributed by atoms with van der Waals surface area (Å²) in [5, 5.41) is 11.5. The first-order chi connectivity index (χ1) is 12.4. The Morgan fingerprint density at radius 3 is 2.58 bits per heavy atom. The summed E-state index contributed by atoms with van der Waals surface area (Å²) in [7, 11) is 0. The van der Waals surface area contributed by atoms with Crippen molar-refractivity contribution in [1.82, 2.24) is 5.32 Å². The fourth-order valence-electron chi connectivity index (χ4n) is 2.36. The number of benzene rings is 2. The third-order valence-electron chi connectivity index (χ3n) is 3.50. The molecular formula is C18H13ClN2O5. The number of carbonyl (C=O) groups is 3. The Bertz CT molecular complexity index is 908. The van der Waals surface area contributed by atoms with Gasteiger partial charge in [0.25, 0.3) is 5.91 Å². The zero-order chi connectivity index (χ0) is 18.7. The topological polar surface area (TPSA) is 95.9 Å². The number of amides is 3. The maximum Gasteiger partial charge on any atom is 0.341 e. The predicted molar refractivity (Wildman–Crippen MR) is 95.0 cm³/mol. The van der Waals surface area contributed by atoms with E-state index in [1.54, 1.807) is 42.5 Å². The lowest BCUT2D eigenvalue weighted by Crippen LogP contribution is -2.30. The van der Waals surface area contributed by atoms with Crippen LogP contribution in [0.25, 0.3) is 6.08 Å². The number of anilines is 1. The number of urea groups is 1. The van der Waals surface area contributed by atoms with Gasteiger partial charge in [-0.25, -0.2) is 14.5 Å². The van der Waals surface area contributed by atoms with Gasteiger partial charge < -0.3 is 15.2 Å². The van der Waals surface area contributed by atoms with Crippen LogP contribution in [0.15, 0.2) is 54.2 Å². The number of rotatable bonds is 5. The van der Waals surface area contributed by atoms with Crippen LogP contribution in [0.5, 0.6) is 5.75 Å². The maximum atomic E-state index is 12.5. The quantitative estimate of drug-likeness (QED) is 0.621. The normalized spacial score (nSPS) is 15.3. The average Bonchev–Trinajstić information content (AvgIpc) is 2.88. The van der Waals surface area contributed by atoms with E-state index in [2.05, 4.69) is 5.32 Å². The number of ether oxygens (including phenoxy) is 1. The summed E-state index contributed by atoms with van der Waals surface area (Å²) in [6.45, 7) is -0.441. The van der Waals surface area contributed by atoms with Gasteiger partial charge in [-0.2, -0.15) is 0 Å². The van der Waals surface area contributed by atoms with E-state index in [1.807, 2.05) is 0 Å². The molecule has 0 radical (unpaired) electrons. The minimum Gasteiger partial charge on any atom is -0.482 e. The van der Waals surface area contributed by atoms with Gasteiger partial charge in [0.2, 0.25) is 0 Å². The van der Waals surface area contributed by atoms with Crippen LogP contribution in [0.4, 0.5) is 10.5 Å². The van der Waals surface area contributed by atoms with E-state index in [9.17, 15) is 14.4 Å². The van der Waals surface area contributed by atoms with Gasteiger partial charge in [0.15, 0.2) is 6.61 Å². The molecule has 1 saturated heterocycles. The molecule has 132 valence electrons. The fourth-order valence-corrected chi connectivity index (χ4v) is 2.54. The Morgan fingerprint density at radius 2 is 1.92 bits per heavy atom. The van der Waals surface area contributed by atoms with Crippen molar-refractivity contribution in [3.8, 4) is 5.75 Å². The van der Waals surface area contributed by atoms with Crippen molar-refractivity contribution in [1.29, 1.82) is 0 Å². The van der Waals surface area contributed by atoms with Crippen LogP contribution in [0.2, 0.25) is 5.02 Å². The van der Waals surface area contributed by atoms with Gasteiger partial charge in [-0.15, -0.1) is 0 Å². The maximum absolute atomic E-state index is 12.5. The van der Waals surface area contributed by atoms with Crippen molar-refractivity contribution in [2.75, 3.05) is 11.5 Å². The Kier molecular flexibility index (Phi) is 4.90. The second-order valence-electron chi connectivity index (χ2n) is 5.36. The number of carbonyl (C=O) groups excluding carboxylic acids is 2. The molecule has 3 amide bonds. The smallest absolute Gasteiger partial charge is 0.341 e. The van der Waals surface area contributed by atoms with Gasteiger partial charge in [0.1, 0.15) is 11.4 Å². The highest BCUT2D eigenvalue weighted by atomic mass is 35.5. The van der Waals surface area contributed by atoms with E-state index in [0.29, 0.717) is 22.0 Å². The molecular weight excluding hydrogens is 360 g/mol. The number of halogens is 1. The predicted octanol–water partition coefficient (Wildman–Crippen LogP) is 2.90. The largest absolute Gasteiger partial charge is 0.482 e. The molecule has 0 saturated carbocycles. The minimum absolute atomic E-state index is 0.120. The monoisotopic (exact) mass is 372 g/mol. The number of carboxylic acid groups (broad SMARTS) is 1. The Labute approximate surface area is 153 Å². The molecule has 1 aliphatic heterocycles. The first-order valence-corrected chi connectivity index (χ1v) is 7.89. The van der Waals surface area contributed by atoms with Crippen molar-refractivity contribution < 1.29 is 24.2 Å². The number of nitrogens with zero attached hydrogens (tertiary/aromatic N) is 1. The summed E-state index contributed by atoms with van der Waals surface area (Å²) in [6, 6.07) is 12.3. The summed E-state index contributed by atoms with van der Waals surface area (Å²) < 4.78 is 5.04. The summed E-state index contributed by atoms with van der Waals surface area (Å²) in [5.74, 6) is -1.18. The van der Waals surface area contributed by atoms with Gasteiger partial charge in [0.05, 0.1) is 5.69 Å². The molecule has 7 nitrogen and oxygen atoms in total. The Morgan fingerprint density at radius 1 is 1.19 bits per heavy atom.